The summed E-state index contributed by atoms with van der Waals surface area (Å²) in [6.07, 6.45) is 5.00. The molecule has 0 spiro atoms. The summed E-state index contributed by atoms with van der Waals surface area (Å²) in [6.45, 7) is 3.89. The second-order valence-corrected chi connectivity index (χ2v) is 3.75. The molecule has 0 saturated heterocycles. The van der Waals surface area contributed by atoms with E-state index in [9.17, 15) is 0 Å². The lowest BCUT2D eigenvalue weighted by molar-refractivity contribution is 0.372. The summed E-state index contributed by atoms with van der Waals surface area (Å²) in [7, 11) is 0. The molecule has 0 aliphatic heterocycles. The van der Waals surface area contributed by atoms with Gasteiger partial charge in [-0.1, -0.05) is 18.1 Å². The molecule has 90 valence electrons. The summed E-state index contributed by atoms with van der Waals surface area (Å²) in [6, 6.07) is 3.91. The lowest BCUT2D eigenvalue weighted by atomic mass is 10.2. The Kier molecular flexibility index (Phi) is 4.21. The first-order valence-electron chi connectivity index (χ1n) is 5.79. The van der Waals surface area contributed by atoms with Crippen LogP contribution < -0.4 is 5.32 Å². The molecule has 2 heterocycles. The van der Waals surface area contributed by atoms with E-state index < -0.39 is 0 Å². The summed E-state index contributed by atoms with van der Waals surface area (Å²) < 4.78 is 5.16. The maximum absolute atomic E-state index is 5.16. The standard InChI is InChI=1S/C12H16N4O/c1-2-13-7-5-12-15-11(16-17-12)8-10-4-3-6-14-9-10/h3-4,6,9,13H,2,5,7-8H2,1H3. The van der Waals surface area contributed by atoms with Gasteiger partial charge in [-0.2, -0.15) is 4.98 Å². The van der Waals surface area contributed by atoms with Gasteiger partial charge in [0.25, 0.3) is 0 Å². The topological polar surface area (TPSA) is 63.8 Å². The minimum absolute atomic E-state index is 0.665. The quantitative estimate of drug-likeness (QED) is 0.758. The van der Waals surface area contributed by atoms with Crippen LogP contribution >= 0.6 is 0 Å². The molecular weight excluding hydrogens is 216 g/mol. The summed E-state index contributed by atoms with van der Waals surface area (Å²) in [5, 5.41) is 7.17. The molecule has 0 atom stereocenters. The minimum atomic E-state index is 0.665. The number of likely N-dealkylation sites (N-methyl/N-ethyl adjacent to an activating group) is 1. The van der Waals surface area contributed by atoms with Gasteiger partial charge < -0.3 is 9.84 Å². The number of hydrogen-bond acceptors (Lipinski definition) is 5. The molecule has 2 rings (SSSR count). The molecule has 0 fully saturated rings. The van der Waals surface area contributed by atoms with Crippen LogP contribution in [0.25, 0.3) is 0 Å². The largest absolute Gasteiger partial charge is 0.339 e. The van der Waals surface area contributed by atoms with E-state index in [0.29, 0.717) is 18.1 Å². The van der Waals surface area contributed by atoms with Crippen LogP contribution in [0.1, 0.15) is 24.2 Å². The Labute approximate surface area is 100 Å². The zero-order valence-electron chi connectivity index (χ0n) is 9.89. The molecule has 0 aliphatic carbocycles. The lowest BCUT2D eigenvalue weighted by Crippen LogP contribution is -2.16. The average molecular weight is 232 g/mol. The second-order valence-electron chi connectivity index (χ2n) is 3.75. The van der Waals surface area contributed by atoms with Crippen molar-refractivity contribution in [3.05, 3.63) is 41.8 Å². The fourth-order valence-corrected chi connectivity index (χ4v) is 1.52. The molecule has 2 aromatic heterocycles. The van der Waals surface area contributed by atoms with E-state index in [1.54, 1.807) is 6.20 Å². The highest BCUT2D eigenvalue weighted by atomic mass is 16.5. The highest BCUT2D eigenvalue weighted by Gasteiger charge is 2.06. The van der Waals surface area contributed by atoms with Gasteiger partial charge in [0.05, 0.1) is 0 Å². The van der Waals surface area contributed by atoms with Gasteiger partial charge in [0.1, 0.15) is 0 Å². The molecule has 0 radical (unpaired) electrons. The van der Waals surface area contributed by atoms with E-state index in [1.165, 1.54) is 0 Å². The smallest absolute Gasteiger partial charge is 0.227 e. The lowest BCUT2D eigenvalue weighted by Gasteiger charge is -1.95. The monoisotopic (exact) mass is 232 g/mol. The van der Waals surface area contributed by atoms with Gasteiger partial charge in [-0.25, -0.2) is 0 Å². The van der Waals surface area contributed by atoms with Crippen molar-refractivity contribution in [3.8, 4) is 0 Å². The molecule has 0 amide bonds. The predicted octanol–water partition coefficient (Wildman–Crippen LogP) is 1.21. The molecule has 5 heteroatoms. The molecule has 2 aromatic rings. The minimum Gasteiger partial charge on any atom is -0.339 e. The van der Waals surface area contributed by atoms with Gasteiger partial charge in [-0.15, -0.1) is 0 Å². The van der Waals surface area contributed by atoms with Crippen LogP contribution in [0.2, 0.25) is 0 Å². The van der Waals surface area contributed by atoms with Crippen molar-refractivity contribution < 1.29 is 4.52 Å². The second kappa shape index (κ2) is 6.10. The van der Waals surface area contributed by atoms with Crippen molar-refractivity contribution >= 4 is 0 Å². The van der Waals surface area contributed by atoms with E-state index in [1.807, 2.05) is 18.3 Å². The normalized spacial score (nSPS) is 10.6. The van der Waals surface area contributed by atoms with Crippen LogP contribution in [-0.4, -0.2) is 28.2 Å². The molecule has 5 nitrogen and oxygen atoms in total. The van der Waals surface area contributed by atoms with Crippen LogP contribution in [0.4, 0.5) is 0 Å². The van der Waals surface area contributed by atoms with E-state index in [2.05, 4.69) is 27.4 Å². The van der Waals surface area contributed by atoms with Gasteiger partial charge in [-0.3, -0.25) is 4.98 Å². The van der Waals surface area contributed by atoms with Crippen molar-refractivity contribution in [1.29, 1.82) is 0 Å². The Balaban J connectivity index is 1.90. The number of nitrogens with zero attached hydrogens (tertiary/aromatic N) is 3. The molecule has 0 unspecified atom stereocenters. The number of pyridine rings is 1. The number of aromatic nitrogens is 3. The molecule has 1 N–H and O–H groups in total. The maximum Gasteiger partial charge on any atom is 0.227 e. The SMILES string of the molecule is CCNCCc1nc(Cc2cccnc2)no1. The van der Waals surface area contributed by atoms with Crippen LogP contribution in [0.15, 0.2) is 29.0 Å². The third kappa shape index (κ3) is 3.64. The maximum atomic E-state index is 5.16. The fraction of sp³-hybridized carbons (Fsp3) is 0.417. The highest BCUT2D eigenvalue weighted by molar-refractivity contribution is 5.13. The fourth-order valence-electron chi connectivity index (χ4n) is 1.52. The third-order valence-corrected chi connectivity index (χ3v) is 2.36. The van der Waals surface area contributed by atoms with Crippen LogP contribution in [0.3, 0.4) is 0 Å². The number of hydrogen-bond donors (Lipinski definition) is 1. The number of rotatable bonds is 6. The first-order chi connectivity index (χ1) is 8.38. The first kappa shape index (κ1) is 11.7. The van der Waals surface area contributed by atoms with Crippen molar-refractivity contribution in [1.82, 2.24) is 20.4 Å². The van der Waals surface area contributed by atoms with Gasteiger partial charge in [-0.05, 0) is 18.2 Å². The van der Waals surface area contributed by atoms with E-state index >= 15 is 0 Å². The molecule has 17 heavy (non-hydrogen) atoms. The molecule has 0 aliphatic rings. The van der Waals surface area contributed by atoms with Crippen LogP contribution in [0, 0.1) is 0 Å². The zero-order valence-corrected chi connectivity index (χ0v) is 9.89. The third-order valence-electron chi connectivity index (χ3n) is 2.36. The van der Waals surface area contributed by atoms with Crippen molar-refractivity contribution in [2.45, 2.75) is 19.8 Å². The highest BCUT2D eigenvalue weighted by Crippen LogP contribution is 2.05. The Morgan fingerprint density at radius 2 is 2.35 bits per heavy atom. The Hall–Kier alpha value is -1.75. The predicted molar refractivity (Wildman–Crippen MR) is 63.6 cm³/mol. The van der Waals surface area contributed by atoms with Gasteiger partial charge in [0, 0.05) is 31.8 Å². The first-order valence-corrected chi connectivity index (χ1v) is 5.79. The molecule has 0 saturated carbocycles. The molecular formula is C12H16N4O. The van der Waals surface area contributed by atoms with E-state index in [0.717, 1.165) is 25.1 Å². The summed E-state index contributed by atoms with van der Waals surface area (Å²) in [5.74, 6) is 1.40. The van der Waals surface area contributed by atoms with Gasteiger partial charge >= 0.3 is 0 Å². The Bertz CT molecular complexity index is 441. The van der Waals surface area contributed by atoms with E-state index in [-0.39, 0.29) is 0 Å². The average Bonchev–Trinajstić information content (AvgIpc) is 2.79. The van der Waals surface area contributed by atoms with Crippen LogP contribution in [0.5, 0.6) is 0 Å². The van der Waals surface area contributed by atoms with Gasteiger partial charge in [0.2, 0.25) is 5.89 Å². The molecule has 0 bridgehead atoms. The summed E-state index contributed by atoms with van der Waals surface area (Å²) in [4.78, 5) is 8.38. The van der Waals surface area contributed by atoms with Crippen molar-refractivity contribution in [2.24, 2.45) is 0 Å². The van der Waals surface area contributed by atoms with E-state index in [4.69, 9.17) is 4.52 Å². The summed E-state index contributed by atoms with van der Waals surface area (Å²) >= 11 is 0. The van der Waals surface area contributed by atoms with Crippen molar-refractivity contribution in [3.63, 3.8) is 0 Å². The Morgan fingerprint density at radius 1 is 1.41 bits per heavy atom. The summed E-state index contributed by atoms with van der Waals surface area (Å²) in [5.41, 5.74) is 1.09. The van der Waals surface area contributed by atoms with Crippen molar-refractivity contribution in [2.75, 3.05) is 13.1 Å². The Morgan fingerprint density at radius 3 is 3.12 bits per heavy atom. The van der Waals surface area contributed by atoms with Gasteiger partial charge in [0.15, 0.2) is 5.82 Å². The van der Waals surface area contributed by atoms with Crippen LogP contribution in [-0.2, 0) is 12.8 Å². The zero-order chi connectivity index (χ0) is 11.9. The molecule has 0 aromatic carbocycles. The number of nitrogens with one attached hydrogen (secondary N) is 1.